The predicted molar refractivity (Wildman–Crippen MR) is 102 cm³/mol. The fourth-order valence-electron chi connectivity index (χ4n) is 4.06. The highest BCUT2D eigenvalue weighted by molar-refractivity contribution is 6.08. The number of rotatable bonds is 5. The summed E-state index contributed by atoms with van der Waals surface area (Å²) in [5, 5.41) is 2.22. The molecular weight excluding hydrogens is 306 g/mol. The van der Waals surface area contributed by atoms with Crippen LogP contribution in [0.15, 0.2) is 72.8 Å². The molecule has 0 bridgehead atoms. The molecule has 0 spiro atoms. The first-order chi connectivity index (χ1) is 12.3. The van der Waals surface area contributed by atoms with Gasteiger partial charge in [0.1, 0.15) is 0 Å². The first kappa shape index (κ1) is 16.0. The number of carbonyl (C=O) groups excluding carboxylic acids is 1. The minimum atomic E-state index is 0.271. The summed E-state index contributed by atoms with van der Waals surface area (Å²) in [7, 11) is 0. The Balaban J connectivity index is 1.39. The third-order valence-corrected chi connectivity index (χ3v) is 5.45. The summed E-state index contributed by atoms with van der Waals surface area (Å²) in [6.45, 7) is 3.25. The number of hydrogen-bond acceptors (Lipinski definition) is 1. The number of likely N-dealkylation sites (tertiary alicyclic amines) is 1. The molecule has 2 nitrogen and oxygen atoms in total. The highest BCUT2D eigenvalue weighted by atomic mass is 16.1. The van der Waals surface area contributed by atoms with Crippen molar-refractivity contribution in [3.05, 3.63) is 83.9 Å². The summed E-state index contributed by atoms with van der Waals surface area (Å²) in [5.74, 6) is 0.913. The number of nitrogens with one attached hydrogen (secondary N) is 1. The van der Waals surface area contributed by atoms with Gasteiger partial charge >= 0.3 is 0 Å². The van der Waals surface area contributed by atoms with E-state index in [2.05, 4.69) is 48.5 Å². The SMILES string of the molecule is O=C(CC[NH+]1CC[C@@H](c2ccccc2)C1)c1cccc2ccccc12. The van der Waals surface area contributed by atoms with Crippen LogP contribution in [-0.4, -0.2) is 25.4 Å². The van der Waals surface area contributed by atoms with Gasteiger partial charge in [-0.3, -0.25) is 4.79 Å². The van der Waals surface area contributed by atoms with Crippen LogP contribution in [0, 0.1) is 0 Å². The lowest BCUT2D eigenvalue weighted by Crippen LogP contribution is -3.10. The number of Topliss-reactive ketones (excluding diaryl/α,β-unsaturated/α-hetero) is 1. The van der Waals surface area contributed by atoms with E-state index in [0.29, 0.717) is 12.3 Å². The Morgan fingerprint density at radius 2 is 1.68 bits per heavy atom. The first-order valence-electron chi connectivity index (χ1n) is 9.21. The van der Waals surface area contributed by atoms with Gasteiger partial charge in [0.15, 0.2) is 5.78 Å². The maximum Gasteiger partial charge on any atom is 0.169 e. The van der Waals surface area contributed by atoms with E-state index in [1.807, 2.05) is 24.3 Å². The lowest BCUT2D eigenvalue weighted by atomic mass is 9.99. The first-order valence-corrected chi connectivity index (χ1v) is 9.21. The van der Waals surface area contributed by atoms with Crippen molar-refractivity contribution in [3.63, 3.8) is 0 Å². The van der Waals surface area contributed by atoms with Crippen molar-refractivity contribution in [1.29, 1.82) is 0 Å². The van der Waals surface area contributed by atoms with Crippen molar-refractivity contribution in [2.75, 3.05) is 19.6 Å². The van der Waals surface area contributed by atoms with Gasteiger partial charge in [-0.2, -0.15) is 0 Å². The van der Waals surface area contributed by atoms with E-state index in [4.69, 9.17) is 0 Å². The van der Waals surface area contributed by atoms with Gasteiger partial charge in [-0.05, 0) is 16.3 Å². The van der Waals surface area contributed by atoms with Crippen LogP contribution in [0.4, 0.5) is 0 Å². The van der Waals surface area contributed by atoms with Crippen LogP contribution in [-0.2, 0) is 0 Å². The van der Waals surface area contributed by atoms with E-state index in [-0.39, 0.29) is 5.78 Å². The second-order valence-electron chi connectivity index (χ2n) is 7.05. The number of fused-ring (bicyclic) bond motifs is 1. The van der Waals surface area contributed by atoms with Crippen molar-refractivity contribution < 1.29 is 9.69 Å². The highest BCUT2D eigenvalue weighted by Crippen LogP contribution is 2.21. The second kappa shape index (κ2) is 7.20. The van der Waals surface area contributed by atoms with E-state index in [0.717, 1.165) is 29.4 Å². The van der Waals surface area contributed by atoms with Crippen LogP contribution < -0.4 is 4.90 Å². The molecule has 126 valence electrons. The molecule has 0 aromatic heterocycles. The van der Waals surface area contributed by atoms with Crippen molar-refractivity contribution in [2.45, 2.75) is 18.8 Å². The Morgan fingerprint density at radius 3 is 2.56 bits per heavy atom. The molecule has 3 aromatic rings. The molecule has 2 heteroatoms. The lowest BCUT2D eigenvalue weighted by Gasteiger charge is -2.13. The maximum atomic E-state index is 12.8. The maximum absolute atomic E-state index is 12.8. The zero-order valence-electron chi connectivity index (χ0n) is 14.4. The molecule has 1 aliphatic rings. The summed E-state index contributed by atoms with van der Waals surface area (Å²) in [6, 6.07) is 25.0. The molecule has 1 heterocycles. The largest absolute Gasteiger partial charge is 0.334 e. The van der Waals surface area contributed by atoms with Crippen LogP contribution in [0.5, 0.6) is 0 Å². The zero-order valence-corrected chi connectivity index (χ0v) is 14.4. The van der Waals surface area contributed by atoms with Crippen LogP contribution >= 0.6 is 0 Å². The summed E-state index contributed by atoms with van der Waals surface area (Å²) in [4.78, 5) is 14.3. The standard InChI is InChI=1S/C23H23NO/c25-23(22-12-6-10-19-9-4-5-11-21(19)22)14-16-24-15-13-20(17-24)18-7-2-1-3-8-18/h1-12,20H,13-17H2/p+1/t20-/m1/s1. The van der Waals surface area contributed by atoms with Crippen molar-refractivity contribution in [2.24, 2.45) is 0 Å². The second-order valence-corrected chi connectivity index (χ2v) is 7.05. The molecule has 2 atom stereocenters. The topological polar surface area (TPSA) is 21.5 Å². The van der Waals surface area contributed by atoms with E-state index in [1.54, 1.807) is 4.90 Å². The summed E-state index contributed by atoms with van der Waals surface area (Å²) in [6.07, 6.45) is 1.85. The fraction of sp³-hybridized carbons (Fsp3) is 0.261. The normalized spacial score (nSPS) is 20.0. The Labute approximate surface area is 149 Å². The van der Waals surface area contributed by atoms with Crippen molar-refractivity contribution in [1.82, 2.24) is 0 Å². The summed E-state index contributed by atoms with van der Waals surface area (Å²) >= 11 is 0. The van der Waals surface area contributed by atoms with E-state index >= 15 is 0 Å². The molecule has 0 amide bonds. The molecule has 1 N–H and O–H groups in total. The Morgan fingerprint density at radius 1 is 0.920 bits per heavy atom. The van der Waals surface area contributed by atoms with Crippen molar-refractivity contribution >= 4 is 16.6 Å². The van der Waals surface area contributed by atoms with E-state index in [9.17, 15) is 4.79 Å². The van der Waals surface area contributed by atoms with Crippen molar-refractivity contribution in [3.8, 4) is 0 Å². The van der Waals surface area contributed by atoms with Gasteiger partial charge in [0.2, 0.25) is 0 Å². The number of carbonyl (C=O) groups is 1. The van der Waals surface area contributed by atoms with E-state index < -0.39 is 0 Å². The molecular formula is C23H24NO+. The molecule has 25 heavy (non-hydrogen) atoms. The average Bonchev–Trinajstić information content (AvgIpc) is 3.15. The Hall–Kier alpha value is -2.45. The number of quaternary nitrogens is 1. The smallest absolute Gasteiger partial charge is 0.169 e. The van der Waals surface area contributed by atoms with E-state index in [1.165, 1.54) is 18.5 Å². The Bertz CT molecular complexity index is 866. The quantitative estimate of drug-likeness (QED) is 0.711. The van der Waals surface area contributed by atoms with Gasteiger partial charge in [0.25, 0.3) is 0 Å². The summed E-state index contributed by atoms with van der Waals surface area (Å²) < 4.78 is 0. The molecule has 1 aliphatic heterocycles. The van der Waals surface area contributed by atoms with Gasteiger partial charge in [0.05, 0.1) is 26.1 Å². The lowest BCUT2D eigenvalue weighted by molar-refractivity contribution is -0.887. The van der Waals surface area contributed by atoms with Crippen LogP contribution in [0.25, 0.3) is 10.8 Å². The van der Waals surface area contributed by atoms with Gasteiger partial charge in [0, 0.05) is 17.9 Å². The van der Waals surface area contributed by atoms with Gasteiger partial charge in [-0.15, -0.1) is 0 Å². The minimum absolute atomic E-state index is 0.271. The molecule has 4 rings (SSSR count). The third kappa shape index (κ3) is 3.49. The molecule has 1 unspecified atom stereocenters. The van der Waals surface area contributed by atoms with Crippen LogP contribution in [0.1, 0.15) is 34.7 Å². The monoisotopic (exact) mass is 330 g/mol. The summed E-state index contributed by atoms with van der Waals surface area (Å²) in [5.41, 5.74) is 2.31. The van der Waals surface area contributed by atoms with Crippen LogP contribution in [0.3, 0.4) is 0 Å². The molecule has 0 saturated carbocycles. The Kier molecular flexibility index (Phi) is 4.62. The highest BCUT2D eigenvalue weighted by Gasteiger charge is 2.27. The number of hydrogen-bond donors (Lipinski definition) is 1. The zero-order chi connectivity index (χ0) is 17.1. The minimum Gasteiger partial charge on any atom is -0.334 e. The molecule has 0 radical (unpaired) electrons. The van der Waals surface area contributed by atoms with Gasteiger partial charge in [-0.1, -0.05) is 72.8 Å². The average molecular weight is 330 g/mol. The fourth-order valence-corrected chi connectivity index (χ4v) is 4.06. The molecule has 1 fully saturated rings. The predicted octanol–water partition coefficient (Wildman–Crippen LogP) is 3.49. The third-order valence-electron chi connectivity index (χ3n) is 5.45. The van der Waals surface area contributed by atoms with Crippen LogP contribution in [0.2, 0.25) is 0 Å². The molecule has 3 aromatic carbocycles. The van der Waals surface area contributed by atoms with Gasteiger partial charge < -0.3 is 4.90 Å². The van der Waals surface area contributed by atoms with Gasteiger partial charge in [-0.25, -0.2) is 0 Å². The number of ketones is 1. The molecule has 1 saturated heterocycles. The number of benzene rings is 3. The molecule has 0 aliphatic carbocycles.